The zero-order valence-electron chi connectivity index (χ0n) is 11.7. The Labute approximate surface area is 132 Å². The van der Waals surface area contributed by atoms with Gasteiger partial charge in [0, 0.05) is 0 Å². The number of amides is 1. The van der Waals surface area contributed by atoms with Gasteiger partial charge in [-0.15, -0.1) is 5.10 Å². The van der Waals surface area contributed by atoms with E-state index >= 15 is 0 Å². The number of anilines is 1. The molecule has 0 spiro atoms. The molecule has 1 unspecified atom stereocenters. The Hall–Kier alpha value is -2.46. The van der Waals surface area contributed by atoms with Crippen LogP contribution in [0, 0.1) is 0 Å². The number of halogens is 1. The molecule has 1 aromatic heterocycles. The van der Waals surface area contributed by atoms with Crippen molar-refractivity contribution in [3.63, 3.8) is 0 Å². The fourth-order valence-corrected chi connectivity index (χ4v) is 2.72. The highest BCUT2D eigenvalue weighted by atomic mass is 32.2. The van der Waals surface area contributed by atoms with Crippen LogP contribution in [0.5, 0.6) is 0 Å². The third-order valence-corrected chi connectivity index (χ3v) is 4.02. The smallest absolute Gasteiger partial charge is 0.299 e. The van der Waals surface area contributed by atoms with Gasteiger partial charge in [-0.3, -0.25) is 14.5 Å². The molecule has 120 valence electrons. The molecular weight excluding hydrogens is 327 g/mol. The summed E-state index contributed by atoms with van der Waals surface area (Å²) in [6.07, 6.45) is 1.49. The van der Waals surface area contributed by atoms with Crippen molar-refractivity contribution >= 4 is 28.5 Å². The standard InChI is InChI=1S/C13H11FN4O4S/c14-3-4-17-6-8(15-16-17)7-18-11-2-1-9(23(21)22)5-10(11)12(19)13(18)20/h1-2,5-6H,3-4,7H2,(H,21,22). The number of aryl methyl sites for hydroxylation is 1. The minimum absolute atomic E-state index is 0.00538. The summed E-state index contributed by atoms with van der Waals surface area (Å²) in [5, 5.41) is 7.54. The van der Waals surface area contributed by atoms with Crippen molar-refractivity contribution in [1.82, 2.24) is 15.0 Å². The van der Waals surface area contributed by atoms with Gasteiger partial charge in [-0.1, -0.05) is 5.21 Å². The van der Waals surface area contributed by atoms with Crippen molar-refractivity contribution in [3.8, 4) is 0 Å². The summed E-state index contributed by atoms with van der Waals surface area (Å²) in [5.41, 5.74) is 0.822. The normalized spacial score (nSPS) is 15.1. The topological polar surface area (TPSA) is 105 Å². The molecule has 0 saturated heterocycles. The van der Waals surface area contributed by atoms with Crippen LogP contribution in [0.25, 0.3) is 0 Å². The molecule has 8 nitrogen and oxygen atoms in total. The SMILES string of the molecule is O=C1C(=O)N(Cc2cn(CCF)nn2)c2ccc(S(=O)O)cc21. The molecular formula is C13H11FN4O4S. The van der Waals surface area contributed by atoms with Crippen LogP contribution in [0.1, 0.15) is 16.1 Å². The largest absolute Gasteiger partial charge is 0.302 e. The minimum Gasteiger partial charge on any atom is -0.302 e. The van der Waals surface area contributed by atoms with Crippen LogP contribution in [-0.2, 0) is 29.0 Å². The van der Waals surface area contributed by atoms with Crippen molar-refractivity contribution in [3.05, 3.63) is 35.7 Å². The summed E-state index contributed by atoms with van der Waals surface area (Å²) >= 11 is -2.24. The third kappa shape index (κ3) is 2.78. The van der Waals surface area contributed by atoms with Crippen LogP contribution in [-0.4, -0.2) is 42.1 Å². The number of aromatic nitrogens is 3. The first-order valence-corrected chi connectivity index (χ1v) is 7.68. The van der Waals surface area contributed by atoms with E-state index in [0.29, 0.717) is 11.4 Å². The number of carbonyl (C=O) groups is 2. The van der Waals surface area contributed by atoms with Crippen LogP contribution in [0.2, 0.25) is 0 Å². The zero-order chi connectivity index (χ0) is 16.6. The molecule has 1 aliphatic heterocycles. The molecule has 2 heterocycles. The lowest BCUT2D eigenvalue weighted by molar-refractivity contribution is -0.114. The van der Waals surface area contributed by atoms with E-state index in [-0.39, 0.29) is 23.5 Å². The average molecular weight is 338 g/mol. The summed E-state index contributed by atoms with van der Waals surface area (Å²) in [7, 11) is 0. The molecule has 0 radical (unpaired) electrons. The number of carbonyl (C=O) groups excluding carboxylic acids is 2. The first kappa shape index (κ1) is 15.4. The van der Waals surface area contributed by atoms with Gasteiger partial charge in [0.15, 0.2) is 11.1 Å². The Morgan fingerprint density at radius 1 is 1.30 bits per heavy atom. The zero-order valence-corrected chi connectivity index (χ0v) is 12.5. The fraction of sp³-hybridized carbons (Fsp3) is 0.231. The Kier molecular flexibility index (Phi) is 4.01. The monoisotopic (exact) mass is 338 g/mol. The van der Waals surface area contributed by atoms with E-state index in [1.807, 2.05) is 0 Å². The van der Waals surface area contributed by atoms with E-state index in [1.54, 1.807) is 0 Å². The molecule has 2 aromatic rings. The summed E-state index contributed by atoms with van der Waals surface area (Å²) in [6.45, 7) is -0.526. The summed E-state index contributed by atoms with van der Waals surface area (Å²) in [6, 6.07) is 4.03. The predicted octanol–water partition coefficient (Wildman–Crippen LogP) is 0.558. The van der Waals surface area contributed by atoms with Gasteiger partial charge in [0.2, 0.25) is 0 Å². The molecule has 1 amide bonds. The van der Waals surface area contributed by atoms with E-state index in [2.05, 4.69) is 10.3 Å². The predicted molar refractivity (Wildman–Crippen MR) is 77.0 cm³/mol. The molecule has 1 aliphatic rings. The van der Waals surface area contributed by atoms with Gasteiger partial charge < -0.3 is 4.55 Å². The van der Waals surface area contributed by atoms with Gasteiger partial charge in [-0.05, 0) is 18.2 Å². The quantitative estimate of drug-likeness (QED) is 0.631. The van der Waals surface area contributed by atoms with Gasteiger partial charge >= 0.3 is 0 Å². The Bertz CT molecular complexity index is 822. The highest BCUT2D eigenvalue weighted by Crippen LogP contribution is 2.31. The molecule has 1 aromatic carbocycles. The number of hydrogen-bond donors (Lipinski definition) is 1. The lowest BCUT2D eigenvalue weighted by Gasteiger charge is -2.14. The van der Waals surface area contributed by atoms with Gasteiger partial charge in [0.25, 0.3) is 11.7 Å². The highest BCUT2D eigenvalue weighted by Gasteiger charge is 2.36. The Morgan fingerprint density at radius 2 is 2.09 bits per heavy atom. The van der Waals surface area contributed by atoms with Crippen LogP contribution >= 0.6 is 0 Å². The van der Waals surface area contributed by atoms with Gasteiger partial charge in [-0.25, -0.2) is 13.3 Å². The second-order valence-electron chi connectivity index (χ2n) is 4.81. The molecule has 3 rings (SSSR count). The first-order valence-electron chi connectivity index (χ1n) is 6.57. The van der Waals surface area contributed by atoms with Crippen molar-refractivity contribution < 1.29 is 22.7 Å². The summed E-state index contributed by atoms with van der Waals surface area (Å²) in [5.74, 6) is -1.50. The lowest BCUT2D eigenvalue weighted by Crippen LogP contribution is -2.29. The number of rotatable bonds is 5. The van der Waals surface area contributed by atoms with Gasteiger partial charge in [0.05, 0.1) is 35.4 Å². The Morgan fingerprint density at radius 3 is 2.78 bits per heavy atom. The number of hydrogen-bond acceptors (Lipinski definition) is 5. The average Bonchev–Trinajstić information content (AvgIpc) is 3.06. The molecule has 0 fully saturated rings. The maximum absolute atomic E-state index is 12.3. The highest BCUT2D eigenvalue weighted by molar-refractivity contribution is 7.79. The van der Waals surface area contributed by atoms with Crippen molar-refractivity contribution in [2.75, 3.05) is 11.6 Å². The van der Waals surface area contributed by atoms with Crippen LogP contribution in [0.15, 0.2) is 29.3 Å². The molecule has 0 bridgehead atoms. The van der Waals surface area contributed by atoms with E-state index in [1.165, 1.54) is 34.0 Å². The van der Waals surface area contributed by atoms with E-state index in [4.69, 9.17) is 4.55 Å². The molecule has 1 N–H and O–H groups in total. The molecule has 0 saturated carbocycles. The molecule has 0 aliphatic carbocycles. The van der Waals surface area contributed by atoms with E-state index in [9.17, 15) is 18.2 Å². The second-order valence-corrected chi connectivity index (χ2v) is 5.78. The van der Waals surface area contributed by atoms with E-state index in [0.717, 1.165) is 0 Å². The molecule has 1 atom stereocenters. The maximum atomic E-state index is 12.3. The van der Waals surface area contributed by atoms with Crippen molar-refractivity contribution in [2.45, 2.75) is 18.0 Å². The lowest BCUT2D eigenvalue weighted by atomic mass is 10.1. The molecule has 10 heteroatoms. The summed E-state index contributed by atoms with van der Waals surface area (Å²) < 4.78 is 33.7. The van der Waals surface area contributed by atoms with Crippen LogP contribution < -0.4 is 4.90 Å². The van der Waals surface area contributed by atoms with Gasteiger partial charge in [-0.2, -0.15) is 0 Å². The van der Waals surface area contributed by atoms with Crippen molar-refractivity contribution in [2.24, 2.45) is 0 Å². The van der Waals surface area contributed by atoms with Gasteiger partial charge in [0.1, 0.15) is 12.4 Å². The number of benzene rings is 1. The van der Waals surface area contributed by atoms with Crippen molar-refractivity contribution in [1.29, 1.82) is 0 Å². The number of Topliss-reactive ketones (excluding diaryl/α,β-unsaturated/α-hetero) is 1. The minimum atomic E-state index is -2.24. The Balaban J connectivity index is 1.91. The summed E-state index contributed by atoms with van der Waals surface area (Å²) in [4.78, 5) is 25.4. The van der Waals surface area contributed by atoms with E-state index < -0.39 is 29.4 Å². The fourth-order valence-electron chi connectivity index (χ4n) is 2.31. The second kappa shape index (κ2) is 5.97. The maximum Gasteiger partial charge on any atom is 0.299 e. The number of ketones is 1. The van der Waals surface area contributed by atoms with Crippen LogP contribution in [0.3, 0.4) is 0 Å². The number of alkyl halides is 1. The van der Waals surface area contributed by atoms with Crippen LogP contribution in [0.4, 0.5) is 10.1 Å². The first-order chi connectivity index (χ1) is 11.0. The molecule has 23 heavy (non-hydrogen) atoms. The third-order valence-electron chi connectivity index (χ3n) is 3.36. The number of nitrogens with zero attached hydrogens (tertiary/aromatic N) is 4. The number of fused-ring (bicyclic) bond motifs is 1.